The van der Waals surface area contributed by atoms with Crippen molar-refractivity contribution >= 4 is 35.2 Å². The van der Waals surface area contributed by atoms with Crippen molar-refractivity contribution in [3.8, 4) is 0 Å². The molecule has 1 saturated carbocycles. The van der Waals surface area contributed by atoms with E-state index in [1.54, 1.807) is 42.2 Å². The standard InChI is InChI=1S/C26H27F3N6O2/c1-3-32-23(37-15-26(27,28)29)10-7-17(2)18-11-12-33-22(14-18)25(36)34-20-6-4-5-19(13-20)24(31)35(16-30)21-8-9-21/h4-7,10-14,16,21,30-31H,2-3,8-9,15H2,1H3,(H,34,36)/b10-7-,30-16?,31-24?,32-23?. The summed E-state index contributed by atoms with van der Waals surface area (Å²) in [5.74, 6) is -0.487. The maximum atomic E-state index is 12.8. The molecule has 0 atom stereocenters. The lowest BCUT2D eigenvalue weighted by atomic mass is 10.1. The number of anilines is 1. The smallest absolute Gasteiger partial charge is 0.422 e. The van der Waals surface area contributed by atoms with Crippen LogP contribution in [0.5, 0.6) is 0 Å². The lowest BCUT2D eigenvalue weighted by Crippen LogP contribution is -2.31. The first-order valence-corrected chi connectivity index (χ1v) is 11.5. The van der Waals surface area contributed by atoms with Crippen LogP contribution in [0.15, 0.2) is 66.3 Å². The third-order valence-corrected chi connectivity index (χ3v) is 5.22. The lowest BCUT2D eigenvalue weighted by Gasteiger charge is -2.19. The van der Waals surface area contributed by atoms with Gasteiger partial charge in [0.25, 0.3) is 5.91 Å². The van der Waals surface area contributed by atoms with Gasteiger partial charge in [0.2, 0.25) is 5.90 Å². The van der Waals surface area contributed by atoms with E-state index in [0.717, 1.165) is 19.2 Å². The second-order valence-electron chi connectivity index (χ2n) is 8.16. The Bertz CT molecular complexity index is 1230. The van der Waals surface area contributed by atoms with Gasteiger partial charge in [-0.25, -0.2) is 0 Å². The average molecular weight is 513 g/mol. The zero-order valence-corrected chi connectivity index (χ0v) is 20.2. The highest BCUT2D eigenvalue weighted by Crippen LogP contribution is 2.27. The van der Waals surface area contributed by atoms with Crippen LogP contribution in [-0.4, -0.2) is 59.2 Å². The first-order chi connectivity index (χ1) is 17.6. The Morgan fingerprint density at radius 1 is 1.27 bits per heavy atom. The highest BCUT2D eigenvalue weighted by Gasteiger charge is 2.30. The van der Waals surface area contributed by atoms with E-state index in [4.69, 9.17) is 15.6 Å². The van der Waals surface area contributed by atoms with Crippen molar-refractivity contribution in [3.05, 3.63) is 78.1 Å². The van der Waals surface area contributed by atoms with Crippen molar-refractivity contribution < 1.29 is 22.7 Å². The first-order valence-electron chi connectivity index (χ1n) is 11.5. The molecule has 3 N–H and O–H groups in total. The summed E-state index contributed by atoms with van der Waals surface area (Å²) in [4.78, 5) is 22.4. The van der Waals surface area contributed by atoms with Crippen LogP contribution >= 0.6 is 0 Å². The molecular weight excluding hydrogens is 485 g/mol. The minimum absolute atomic E-state index is 0.0994. The third kappa shape index (κ3) is 8.13. The van der Waals surface area contributed by atoms with Crippen LogP contribution in [0.1, 0.15) is 41.4 Å². The fraction of sp³-hybridized carbons (Fsp3) is 0.269. The van der Waals surface area contributed by atoms with Crippen LogP contribution in [0, 0.1) is 10.8 Å². The molecule has 0 saturated heterocycles. The molecule has 0 aliphatic heterocycles. The number of amides is 1. The molecule has 0 radical (unpaired) electrons. The van der Waals surface area contributed by atoms with Crippen molar-refractivity contribution in [3.63, 3.8) is 0 Å². The van der Waals surface area contributed by atoms with Gasteiger partial charge in [-0.05, 0) is 61.2 Å². The molecule has 2 aromatic rings. The number of benzene rings is 1. The molecule has 8 nitrogen and oxygen atoms in total. The van der Waals surface area contributed by atoms with E-state index >= 15 is 0 Å². The van der Waals surface area contributed by atoms with Gasteiger partial charge < -0.3 is 15.0 Å². The zero-order valence-electron chi connectivity index (χ0n) is 20.2. The summed E-state index contributed by atoms with van der Waals surface area (Å²) in [6.07, 6.45) is 2.69. The molecule has 0 spiro atoms. The van der Waals surface area contributed by atoms with E-state index in [1.807, 2.05) is 0 Å². The van der Waals surface area contributed by atoms with Crippen molar-refractivity contribution in [2.45, 2.75) is 32.0 Å². The number of allylic oxidation sites excluding steroid dienone is 2. The molecule has 1 aliphatic carbocycles. The van der Waals surface area contributed by atoms with Gasteiger partial charge in [-0.3, -0.25) is 25.6 Å². The van der Waals surface area contributed by atoms with Gasteiger partial charge in [0.05, 0.1) is 6.34 Å². The van der Waals surface area contributed by atoms with Crippen LogP contribution < -0.4 is 5.32 Å². The summed E-state index contributed by atoms with van der Waals surface area (Å²) in [5.41, 5.74) is 2.07. The molecule has 1 aromatic heterocycles. The maximum absolute atomic E-state index is 12.8. The predicted octanol–water partition coefficient (Wildman–Crippen LogP) is 5.30. The number of rotatable bonds is 10. The van der Waals surface area contributed by atoms with Gasteiger partial charge in [0, 0.05) is 36.1 Å². The number of amidine groups is 1. The van der Waals surface area contributed by atoms with Crippen molar-refractivity contribution in [2.75, 3.05) is 18.5 Å². The largest absolute Gasteiger partial charge is 0.468 e. The number of hydrogen-bond donors (Lipinski definition) is 3. The number of aromatic nitrogens is 1. The van der Waals surface area contributed by atoms with Crippen LogP contribution in [0.25, 0.3) is 5.57 Å². The van der Waals surface area contributed by atoms with E-state index < -0.39 is 18.7 Å². The second kappa shape index (κ2) is 12.1. The lowest BCUT2D eigenvalue weighted by molar-refractivity contribution is -0.156. The van der Waals surface area contributed by atoms with Crippen LogP contribution in [0.3, 0.4) is 0 Å². The van der Waals surface area contributed by atoms with Crippen LogP contribution in [0.4, 0.5) is 18.9 Å². The third-order valence-electron chi connectivity index (χ3n) is 5.22. The molecule has 1 aromatic carbocycles. The molecule has 37 heavy (non-hydrogen) atoms. The van der Waals surface area contributed by atoms with E-state index in [0.29, 0.717) is 22.4 Å². The molecule has 0 unspecified atom stereocenters. The van der Waals surface area contributed by atoms with E-state index in [2.05, 4.69) is 21.9 Å². The number of nitrogens with zero attached hydrogens (tertiary/aromatic N) is 3. The number of pyridine rings is 1. The zero-order chi connectivity index (χ0) is 27.0. The molecule has 1 heterocycles. The number of carbonyl (C=O) groups is 1. The van der Waals surface area contributed by atoms with Crippen molar-refractivity contribution in [1.82, 2.24) is 9.88 Å². The van der Waals surface area contributed by atoms with E-state index in [-0.39, 0.29) is 30.0 Å². The summed E-state index contributed by atoms with van der Waals surface area (Å²) in [7, 11) is 0. The number of carbonyl (C=O) groups excluding carboxylic acids is 1. The second-order valence-corrected chi connectivity index (χ2v) is 8.16. The number of halogens is 3. The number of aliphatic imine (C=N–C) groups is 1. The van der Waals surface area contributed by atoms with Crippen LogP contribution in [0.2, 0.25) is 0 Å². The average Bonchev–Trinajstić information content (AvgIpc) is 3.71. The number of alkyl halides is 3. The Morgan fingerprint density at radius 3 is 2.68 bits per heavy atom. The molecular formula is C26H27F3N6O2. The van der Waals surface area contributed by atoms with Gasteiger partial charge in [0.1, 0.15) is 11.5 Å². The Hall–Kier alpha value is -4.28. The topological polar surface area (TPSA) is 115 Å². The van der Waals surface area contributed by atoms with Gasteiger partial charge in [0.15, 0.2) is 6.61 Å². The molecule has 1 fully saturated rings. The van der Waals surface area contributed by atoms with Crippen molar-refractivity contribution in [1.29, 1.82) is 10.8 Å². The predicted molar refractivity (Wildman–Crippen MR) is 137 cm³/mol. The summed E-state index contributed by atoms with van der Waals surface area (Å²) < 4.78 is 42.1. The quantitative estimate of drug-likeness (QED) is 0.228. The molecule has 194 valence electrons. The summed E-state index contributed by atoms with van der Waals surface area (Å²) in [5, 5.41) is 18.7. The Morgan fingerprint density at radius 2 is 2.03 bits per heavy atom. The minimum Gasteiger partial charge on any atom is -0.468 e. The highest BCUT2D eigenvalue weighted by molar-refractivity contribution is 6.06. The fourth-order valence-corrected chi connectivity index (χ4v) is 3.27. The van der Waals surface area contributed by atoms with Gasteiger partial charge in [-0.2, -0.15) is 13.2 Å². The summed E-state index contributed by atoms with van der Waals surface area (Å²) in [6.45, 7) is 4.35. The van der Waals surface area contributed by atoms with E-state index in [9.17, 15) is 18.0 Å². The molecule has 1 amide bonds. The van der Waals surface area contributed by atoms with Gasteiger partial charge in [-0.1, -0.05) is 18.7 Å². The molecule has 3 rings (SSSR count). The Balaban J connectivity index is 1.68. The molecule has 11 heteroatoms. The van der Waals surface area contributed by atoms with Crippen molar-refractivity contribution in [2.24, 2.45) is 4.99 Å². The molecule has 1 aliphatic rings. The van der Waals surface area contributed by atoms with Gasteiger partial charge >= 0.3 is 6.18 Å². The first kappa shape index (κ1) is 27.3. The van der Waals surface area contributed by atoms with Crippen LogP contribution in [-0.2, 0) is 4.74 Å². The monoisotopic (exact) mass is 512 g/mol. The minimum atomic E-state index is -4.48. The number of ether oxygens (including phenoxy) is 1. The van der Waals surface area contributed by atoms with Gasteiger partial charge in [-0.15, -0.1) is 0 Å². The highest BCUT2D eigenvalue weighted by atomic mass is 19.4. The fourth-order valence-electron chi connectivity index (χ4n) is 3.27. The maximum Gasteiger partial charge on any atom is 0.422 e. The number of nitrogens with one attached hydrogen (secondary N) is 3. The Kier molecular flexibility index (Phi) is 8.94. The Labute approximate surface area is 212 Å². The SMILES string of the molecule is C=C(/C=C\C(=NCC)OCC(F)(F)F)c1ccnc(C(=O)Nc2cccc(C(=N)N(C=N)C3CC3)c2)c1. The number of hydrogen-bond acceptors (Lipinski definition) is 6. The molecule has 0 bridgehead atoms. The normalized spacial score (nSPS) is 13.8. The summed E-state index contributed by atoms with van der Waals surface area (Å²) >= 11 is 0. The van der Waals surface area contributed by atoms with E-state index in [1.165, 1.54) is 24.4 Å². The summed E-state index contributed by atoms with van der Waals surface area (Å²) in [6, 6.07) is 10.1.